The molecular weight excluding hydrogens is 342 g/mol. The van der Waals surface area contributed by atoms with Gasteiger partial charge < -0.3 is 19.9 Å². The van der Waals surface area contributed by atoms with E-state index in [9.17, 15) is 4.79 Å². The van der Waals surface area contributed by atoms with Crippen LogP contribution in [0.15, 0.2) is 12.4 Å². The molecule has 3 aliphatic rings. The quantitative estimate of drug-likeness (QED) is 0.859. The lowest BCUT2D eigenvalue weighted by atomic mass is 9.95. The average Bonchev–Trinajstić information content (AvgIpc) is 3.55. The van der Waals surface area contributed by atoms with Crippen LogP contribution < -0.4 is 15.0 Å². The number of nitrogens with zero attached hydrogens (tertiary/aromatic N) is 4. The van der Waals surface area contributed by atoms with Crippen LogP contribution in [0.25, 0.3) is 0 Å². The highest BCUT2D eigenvalue weighted by Crippen LogP contribution is 2.36. The summed E-state index contributed by atoms with van der Waals surface area (Å²) in [6.07, 6.45) is 12.0. The maximum atomic E-state index is 12.6. The van der Waals surface area contributed by atoms with Crippen molar-refractivity contribution in [2.75, 3.05) is 25.1 Å². The fraction of sp³-hybridized carbons (Fsp3) is 0.750. The molecule has 148 valence electrons. The summed E-state index contributed by atoms with van der Waals surface area (Å²) in [7, 11) is 1.64. The summed E-state index contributed by atoms with van der Waals surface area (Å²) in [5.41, 5.74) is 0. The van der Waals surface area contributed by atoms with Gasteiger partial charge in [0.2, 0.25) is 5.88 Å². The predicted molar refractivity (Wildman–Crippen MR) is 104 cm³/mol. The van der Waals surface area contributed by atoms with E-state index in [1.807, 2.05) is 11.0 Å². The van der Waals surface area contributed by atoms with Gasteiger partial charge in [0.05, 0.1) is 7.11 Å². The molecule has 0 aromatic carbocycles. The molecule has 3 fully saturated rings. The molecule has 7 nitrogen and oxygen atoms in total. The van der Waals surface area contributed by atoms with Gasteiger partial charge in [0.15, 0.2) is 0 Å². The number of likely N-dealkylation sites (tertiary alicyclic amines) is 1. The molecule has 0 unspecified atom stereocenters. The molecule has 1 aliphatic heterocycles. The summed E-state index contributed by atoms with van der Waals surface area (Å²) in [5, 5.41) is 3.25. The van der Waals surface area contributed by atoms with Crippen LogP contribution in [0.4, 0.5) is 10.6 Å². The summed E-state index contributed by atoms with van der Waals surface area (Å²) in [5.74, 6) is 1.56. The molecule has 7 heteroatoms. The molecule has 0 atom stereocenters. The third-order valence-electron chi connectivity index (χ3n) is 6.12. The van der Waals surface area contributed by atoms with Gasteiger partial charge in [-0.25, -0.2) is 14.8 Å². The molecule has 2 amide bonds. The van der Waals surface area contributed by atoms with Crippen LogP contribution in [0.1, 0.15) is 57.8 Å². The topological polar surface area (TPSA) is 70.6 Å². The second-order valence-corrected chi connectivity index (χ2v) is 8.06. The van der Waals surface area contributed by atoms with Crippen molar-refractivity contribution >= 4 is 11.8 Å². The van der Waals surface area contributed by atoms with Gasteiger partial charge in [-0.3, -0.25) is 0 Å². The Labute approximate surface area is 161 Å². The highest BCUT2D eigenvalue weighted by Gasteiger charge is 2.37. The zero-order valence-corrected chi connectivity index (χ0v) is 16.3. The smallest absolute Gasteiger partial charge is 0.317 e. The Balaban J connectivity index is 1.34. The first kappa shape index (κ1) is 18.3. The Morgan fingerprint density at radius 2 is 1.78 bits per heavy atom. The van der Waals surface area contributed by atoms with Crippen molar-refractivity contribution in [1.82, 2.24) is 20.2 Å². The summed E-state index contributed by atoms with van der Waals surface area (Å²) in [6.45, 7) is 1.63. The zero-order chi connectivity index (χ0) is 18.6. The van der Waals surface area contributed by atoms with E-state index < -0.39 is 0 Å². The van der Waals surface area contributed by atoms with E-state index in [2.05, 4.69) is 20.2 Å². The maximum absolute atomic E-state index is 12.6. The molecule has 27 heavy (non-hydrogen) atoms. The first-order valence-corrected chi connectivity index (χ1v) is 10.4. The maximum Gasteiger partial charge on any atom is 0.317 e. The van der Waals surface area contributed by atoms with Crippen molar-refractivity contribution in [2.45, 2.75) is 75.9 Å². The number of rotatable bonds is 5. The molecule has 1 aromatic heterocycles. The van der Waals surface area contributed by atoms with Crippen LogP contribution in [0.5, 0.6) is 5.88 Å². The second kappa shape index (κ2) is 8.31. The number of anilines is 1. The molecule has 2 aliphatic carbocycles. The van der Waals surface area contributed by atoms with Crippen LogP contribution in [-0.2, 0) is 0 Å². The monoisotopic (exact) mass is 373 g/mol. The van der Waals surface area contributed by atoms with Crippen molar-refractivity contribution in [3.05, 3.63) is 12.4 Å². The van der Waals surface area contributed by atoms with Crippen molar-refractivity contribution in [3.8, 4) is 5.88 Å². The Hall–Kier alpha value is -2.05. The number of urea groups is 1. The van der Waals surface area contributed by atoms with Gasteiger partial charge in [-0.05, 0) is 38.5 Å². The van der Waals surface area contributed by atoms with E-state index in [4.69, 9.17) is 4.74 Å². The lowest BCUT2D eigenvalue weighted by molar-refractivity contribution is 0.173. The molecule has 1 aromatic rings. The zero-order valence-electron chi connectivity index (χ0n) is 16.3. The number of hydrogen-bond acceptors (Lipinski definition) is 5. The SMILES string of the molecule is COc1cc(N(C2CC2)C2CCN(C(=O)NC3CCCCC3)CC2)ncn1. The average molecular weight is 374 g/mol. The van der Waals surface area contributed by atoms with Gasteiger partial charge in [-0.15, -0.1) is 0 Å². The third kappa shape index (κ3) is 4.45. The van der Waals surface area contributed by atoms with Crippen molar-refractivity contribution in [3.63, 3.8) is 0 Å². The van der Waals surface area contributed by atoms with Gasteiger partial charge in [0, 0.05) is 37.3 Å². The molecule has 2 heterocycles. The minimum Gasteiger partial charge on any atom is -0.481 e. The number of ether oxygens (including phenoxy) is 1. The lowest BCUT2D eigenvalue weighted by Gasteiger charge is -2.40. The summed E-state index contributed by atoms with van der Waals surface area (Å²) < 4.78 is 5.27. The van der Waals surface area contributed by atoms with Gasteiger partial charge in [0.25, 0.3) is 0 Å². The first-order chi connectivity index (χ1) is 13.2. The highest BCUT2D eigenvalue weighted by molar-refractivity contribution is 5.74. The van der Waals surface area contributed by atoms with E-state index >= 15 is 0 Å². The molecular formula is C20H31N5O2. The Morgan fingerprint density at radius 1 is 1.07 bits per heavy atom. The van der Waals surface area contributed by atoms with E-state index in [0.717, 1.165) is 44.6 Å². The van der Waals surface area contributed by atoms with Gasteiger partial charge in [-0.2, -0.15) is 0 Å². The largest absolute Gasteiger partial charge is 0.481 e. The standard InChI is InChI=1S/C20H31N5O2/c1-27-19-13-18(21-14-22-19)25(16-7-8-16)17-9-11-24(12-10-17)20(26)23-15-5-3-2-4-6-15/h13-17H,2-12H2,1H3,(H,23,26). The molecule has 4 rings (SSSR count). The molecule has 0 spiro atoms. The number of amides is 2. The van der Waals surface area contributed by atoms with Crippen LogP contribution in [-0.4, -0.2) is 59.2 Å². The molecule has 0 radical (unpaired) electrons. The number of aromatic nitrogens is 2. The number of carbonyl (C=O) groups excluding carboxylic acids is 1. The fourth-order valence-electron chi connectivity index (χ4n) is 4.47. The number of nitrogens with one attached hydrogen (secondary N) is 1. The van der Waals surface area contributed by atoms with Crippen molar-refractivity contribution in [1.29, 1.82) is 0 Å². The Bertz CT molecular complexity index is 637. The summed E-state index contributed by atoms with van der Waals surface area (Å²) in [6, 6.07) is 3.43. The number of methoxy groups -OCH3 is 1. The normalized spacial score (nSPS) is 21.7. The van der Waals surface area contributed by atoms with Crippen molar-refractivity contribution < 1.29 is 9.53 Å². The molecule has 0 bridgehead atoms. The van der Waals surface area contributed by atoms with E-state index in [1.54, 1.807) is 13.4 Å². The number of carbonyl (C=O) groups is 1. The minimum absolute atomic E-state index is 0.127. The fourth-order valence-corrected chi connectivity index (χ4v) is 4.47. The number of hydrogen-bond donors (Lipinski definition) is 1. The van der Waals surface area contributed by atoms with Gasteiger partial charge in [0.1, 0.15) is 12.1 Å². The molecule has 1 saturated heterocycles. The van der Waals surface area contributed by atoms with E-state index in [0.29, 0.717) is 24.0 Å². The third-order valence-corrected chi connectivity index (χ3v) is 6.12. The van der Waals surface area contributed by atoms with Crippen LogP contribution >= 0.6 is 0 Å². The number of piperidine rings is 1. The van der Waals surface area contributed by atoms with Gasteiger partial charge >= 0.3 is 6.03 Å². The lowest BCUT2D eigenvalue weighted by Crippen LogP contribution is -2.52. The first-order valence-electron chi connectivity index (χ1n) is 10.4. The molecule has 2 saturated carbocycles. The predicted octanol–water partition coefficient (Wildman–Crippen LogP) is 2.96. The van der Waals surface area contributed by atoms with Crippen LogP contribution in [0, 0.1) is 0 Å². The van der Waals surface area contributed by atoms with Crippen molar-refractivity contribution in [2.24, 2.45) is 0 Å². The van der Waals surface area contributed by atoms with Crippen LogP contribution in [0.3, 0.4) is 0 Å². The Kier molecular flexibility index (Phi) is 5.64. The van der Waals surface area contributed by atoms with E-state index in [-0.39, 0.29) is 6.03 Å². The molecule has 1 N–H and O–H groups in total. The summed E-state index contributed by atoms with van der Waals surface area (Å²) >= 11 is 0. The highest BCUT2D eigenvalue weighted by atomic mass is 16.5. The Morgan fingerprint density at radius 3 is 2.44 bits per heavy atom. The summed E-state index contributed by atoms with van der Waals surface area (Å²) in [4.78, 5) is 25.7. The second-order valence-electron chi connectivity index (χ2n) is 8.06. The van der Waals surface area contributed by atoms with E-state index in [1.165, 1.54) is 32.1 Å². The van der Waals surface area contributed by atoms with Gasteiger partial charge in [-0.1, -0.05) is 19.3 Å². The minimum atomic E-state index is 0.127. The van der Waals surface area contributed by atoms with Crippen LogP contribution in [0.2, 0.25) is 0 Å².